The van der Waals surface area contributed by atoms with Crippen molar-refractivity contribution in [3.63, 3.8) is 0 Å². The normalized spacial score (nSPS) is 22.5. The number of nitrogens with one attached hydrogen (secondary N) is 1. The second-order valence-corrected chi connectivity index (χ2v) is 7.21. The maximum Gasteiger partial charge on any atom is 0.193 e. The van der Waals surface area contributed by atoms with Crippen molar-refractivity contribution < 1.29 is 4.74 Å². The van der Waals surface area contributed by atoms with Crippen molar-refractivity contribution in [3.05, 3.63) is 0 Å². The lowest BCUT2D eigenvalue weighted by Crippen LogP contribution is -2.42. The van der Waals surface area contributed by atoms with Gasteiger partial charge < -0.3 is 19.9 Å². The summed E-state index contributed by atoms with van der Waals surface area (Å²) < 4.78 is 5.46. The summed E-state index contributed by atoms with van der Waals surface area (Å²) in [5, 5.41) is 3.51. The molecule has 1 saturated carbocycles. The van der Waals surface area contributed by atoms with Crippen molar-refractivity contribution >= 4 is 29.9 Å². The fourth-order valence-electron chi connectivity index (χ4n) is 3.82. The Bertz CT molecular complexity index is 355. The van der Waals surface area contributed by atoms with Crippen LogP contribution in [0.15, 0.2) is 4.99 Å². The molecular weight excluding hydrogens is 415 g/mol. The van der Waals surface area contributed by atoms with Gasteiger partial charge in [0.25, 0.3) is 0 Å². The van der Waals surface area contributed by atoms with Crippen LogP contribution in [0.5, 0.6) is 0 Å². The molecule has 0 aromatic carbocycles. The van der Waals surface area contributed by atoms with Crippen LogP contribution < -0.4 is 5.32 Å². The summed E-state index contributed by atoms with van der Waals surface area (Å²) in [5.41, 5.74) is 0. The molecule has 0 spiro atoms. The van der Waals surface area contributed by atoms with Gasteiger partial charge in [-0.05, 0) is 39.3 Å². The van der Waals surface area contributed by atoms with Crippen LogP contribution in [-0.2, 0) is 4.74 Å². The Morgan fingerprint density at radius 3 is 2.54 bits per heavy atom. The maximum absolute atomic E-state index is 5.46. The highest BCUT2D eigenvalue weighted by molar-refractivity contribution is 14.0. The minimum atomic E-state index is 0. The second-order valence-electron chi connectivity index (χ2n) is 7.21. The van der Waals surface area contributed by atoms with Crippen molar-refractivity contribution in [2.75, 3.05) is 54.0 Å². The van der Waals surface area contributed by atoms with Gasteiger partial charge in [-0.15, -0.1) is 24.0 Å². The summed E-state index contributed by atoms with van der Waals surface area (Å²) in [6.45, 7) is 5.01. The standard InChI is InChI=1S/C18H36N4O.HI/c1-19-18(22(3)14-16-10-13-23-15-16)20-11-7-12-21(2)17-8-5-4-6-9-17;/h16-17H,4-15H2,1-3H3,(H,19,20);1H. The van der Waals surface area contributed by atoms with Crippen LogP contribution in [0.1, 0.15) is 44.9 Å². The molecule has 5 nitrogen and oxygen atoms in total. The van der Waals surface area contributed by atoms with Crippen LogP contribution in [0, 0.1) is 5.92 Å². The van der Waals surface area contributed by atoms with Crippen molar-refractivity contribution in [2.45, 2.75) is 51.0 Å². The fraction of sp³-hybridized carbons (Fsp3) is 0.944. The van der Waals surface area contributed by atoms with Gasteiger partial charge in [0.15, 0.2) is 5.96 Å². The van der Waals surface area contributed by atoms with Crippen LogP contribution in [0.3, 0.4) is 0 Å². The Morgan fingerprint density at radius 1 is 1.17 bits per heavy atom. The summed E-state index contributed by atoms with van der Waals surface area (Å²) >= 11 is 0. The van der Waals surface area contributed by atoms with E-state index in [2.05, 4.69) is 34.2 Å². The zero-order valence-corrected chi connectivity index (χ0v) is 18.1. The monoisotopic (exact) mass is 452 g/mol. The third-order valence-corrected chi connectivity index (χ3v) is 5.30. The summed E-state index contributed by atoms with van der Waals surface area (Å²) in [6, 6.07) is 0.813. The third kappa shape index (κ3) is 7.44. The van der Waals surface area contributed by atoms with Crippen LogP contribution in [0.25, 0.3) is 0 Å². The molecule has 2 rings (SSSR count). The smallest absolute Gasteiger partial charge is 0.193 e. The zero-order valence-electron chi connectivity index (χ0n) is 15.8. The van der Waals surface area contributed by atoms with E-state index in [1.54, 1.807) is 0 Å². The number of halogens is 1. The number of nitrogens with zero attached hydrogens (tertiary/aromatic N) is 3. The Hall–Kier alpha value is -0.0800. The predicted molar refractivity (Wildman–Crippen MR) is 112 cm³/mol. The average molecular weight is 452 g/mol. The Labute approximate surface area is 165 Å². The van der Waals surface area contributed by atoms with E-state index in [1.165, 1.54) is 51.5 Å². The summed E-state index contributed by atoms with van der Waals surface area (Å²) in [6.07, 6.45) is 9.38. The molecule has 0 bridgehead atoms. The fourth-order valence-corrected chi connectivity index (χ4v) is 3.82. The Kier molecular flexibility index (Phi) is 11.3. The minimum Gasteiger partial charge on any atom is -0.381 e. The molecule has 1 heterocycles. The van der Waals surface area contributed by atoms with Crippen molar-refractivity contribution in [1.29, 1.82) is 0 Å². The lowest BCUT2D eigenvalue weighted by atomic mass is 9.94. The number of ether oxygens (including phenoxy) is 1. The predicted octanol–water partition coefficient (Wildman–Crippen LogP) is 2.80. The van der Waals surface area contributed by atoms with Crippen LogP contribution >= 0.6 is 24.0 Å². The van der Waals surface area contributed by atoms with Crippen molar-refractivity contribution in [3.8, 4) is 0 Å². The molecule has 1 atom stereocenters. The van der Waals surface area contributed by atoms with Gasteiger partial charge in [-0.3, -0.25) is 4.99 Å². The second kappa shape index (κ2) is 12.3. The summed E-state index contributed by atoms with van der Waals surface area (Å²) in [7, 11) is 6.29. The van der Waals surface area contributed by atoms with Gasteiger partial charge in [0, 0.05) is 45.8 Å². The van der Waals surface area contributed by atoms with Gasteiger partial charge in [0.1, 0.15) is 0 Å². The van der Waals surface area contributed by atoms with Crippen molar-refractivity contribution in [2.24, 2.45) is 10.9 Å². The molecule has 1 aliphatic carbocycles. The molecule has 0 aromatic heterocycles. The highest BCUT2D eigenvalue weighted by atomic mass is 127. The molecule has 6 heteroatoms. The molecule has 1 aliphatic heterocycles. The Morgan fingerprint density at radius 2 is 1.92 bits per heavy atom. The van der Waals surface area contributed by atoms with E-state index in [0.717, 1.165) is 38.3 Å². The number of hydrogen-bond acceptors (Lipinski definition) is 3. The van der Waals surface area contributed by atoms with Gasteiger partial charge in [0.05, 0.1) is 6.61 Å². The third-order valence-electron chi connectivity index (χ3n) is 5.30. The largest absolute Gasteiger partial charge is 0.381 e. The Balaban J connectivity index is 0.00000288. The molecule has 24 heavy (non-hydrogen) atoms. The topological polar surface area (TPSA) is 40.1 Å². The van der Waals surface area contributed by atoms with E-state index in [0.29, 0.717) is 5.92 Å². The highest BCUT2D eigenvalue weighted by Crippen LogP contribution is 2.21. The van der Waals surface area contributed by atoms with Gasteiger partial charge in [0.2, 0.25) is 0 Å². The molecule has 0 aromatic rings. The highest BCUT2D eigenvalue weighted by Gasteiger charge is 2.19. The quantitative estimate of drug-likeness (QED) is 0.279. The van der Waals surface area contributed by atoms with E-state index >= 15 is 0 Å². The van der Waals surface area contributed by atoms with Gasteiger partial charge in [-0.25, -0.2) is 0 Å². The molecule has 1 unspecified atom stereocenters. The van der Waals surface area contributed by atoms with Gasteiger partial charge in [-0.2, -0.15) is 0 Å². The zero-order chi connectivity index (χ0) is 16.5. The molecule has 1 saturated heterocycles. The van der Waals surface area contributed by atoms with Crippen LogP contribution in [0.2, 0.25) is 0 Å². The molecular formula is C18H37IN4O. The van der Waals surface area contributed by atoms with Crippen LogP contribution in [-0.4, -0.2) is 75.8 Å². The van der Waals surface area contributed by atoms with E-state index in [-0.39, 0.29) is 24.0 Å². The maximum atomic E-state index is 5.46. The van der Waals surface area contributed by atoms with Crippen LogP contribution in [0.4, 0.5) is 0 Å². The first-order valence-corrected chi connectivity index (χ1v) is 9.40. The van der Waals surface area contributed by atoms with Crippen molar-refractivity contribution in [1.82, 2.24) is 15.1 Å². The minimum absolute atomic E-state index is 0. The van der Waals surface area contributed by atoms with Gasteiger partial charge >= 0.3 is 0 Å². The SMILES string of the molecule is CN=C(NCCCN(C)C1CCCCC1)N(C)CC1CCOC1.I. The molecule has 142 valence electrons. The number of guanidine groups is 1. The summed E-state index contributed by atoms with van der Waals surface area (Å²) in [4.78, 5) is 9.21. The number of hydrogen-bond donors (Lipinski definition) is 1. The first-order chi connectivity index (χ1) is 11.2. The molecule has 2 aliphatic rings. The van der Waals surface area contributed by atoms with E-state index < -0.39 is 0 Å². The van der Waals surface area contributed by atoms with E-state index in [4.69, 9.17) is 4.74 Å². The molecule has 2 fully saturated rings. The molecule has 0 amide bonds. The summed E-state index contributed by atoms with van der Waals surface area (Å²) in [5.74, 6) is 1.66. The van der Waals surface area contributed by atoms with E-state index in [9.17, 15) is 0 Å². The number of rotatable bonds is 7. The number of aliphatic imine (C=N–C) groups is 1. The molecule has 0 radical (unpaired) electrons. The first-order valence-electron chi connectivity index (χ1n) is 9.40. The molecule has 1 N–H and O–H groups in total. The van der Waals surface area contributed by atoms with Gasteiger partial charge in [-0.1, -0.05) is 19.3 Å². The lowest BCUT2D eigenvalue weighted by Gasteiger charge is -2.31. The average Bonchev–Trinajstić information content (AvgIpc) is 3.08. The first kappa shape index (κ1) is 22.0. The lowest BCUT2D eigenvalue weighted by molar-refractivity contribution is 0.181. The van der Waals surface area contributed by atoms with E-state index in [1.807, 2.05) is 7.05 Å².